The molecule has 1 aliphatic rings. The average Bonchev–Trinajstić information content (AvgIpc) is 2.89. The molecule has 0 unspecified atom stereocenters. The number of aryl methyl sites for hydroxylation is 1. The lowest BCUT2D eigenvalue weighted by atomic mass is 10.1. The molecule has 1 aromatic carbocycles. The van der Waals surface area contributed by atoms with Crippen LogP contribution in [0.5, 0.6) is 5.75 Å². The molecule has 98 valence electrons. The van der Waals surface area contributed by atoms with Gasteiger partial charge in [-0.1, -0.05) is 24.3 Å². The van der Waals surface area contributed by atoms with E-state index < -0.39 is 0 Å². The maximum Gasteiger partial charge on any atom is 0.138 e. The molecule has 0 radical (unpaired) electrons. The van der Waals surface area contributed by atoms with Gasteiger partial charge in [0.15, 0.2) is 0 Å². The van der Waals surface area contributed by atoms with Crippen LogP contribution in [0.2, 0.25) is 0 Å². The summed E-state index contributed by atoms with van der Waals surface area (Å²) in [6.07, 6.45) is 1.54. The van der Waals surface area contributed by atoms with E-state index in [9.17, 15) is 5.11 Å². The maximum absolute atomic E-state index is 9.83. The van der Waals surface area contributed by atoms with E-state index in [4.69, 9.17) is 4.74 Å². The molecule has 2 heterocycles. The number of phenols is 1. The average molecular weight is 256 g/mol. The van der Waals surface area contributed by atoms with E-state index in [-0.39, 0.29) is 18.1 Å². The molecule has 0 saturated carbocycles. The Kier molecular flexibility index (Phi) is 3.19. The number of rotatable bonds is 2. The molecule has 1 fully saturated rings. The second kappa shape index (κ2) is 4.99. The number of nitrogens with zero attached hydrogens (tertiary/aromatic N) is 1. The van der Waals surface area contributed by atoms with Crippen molar-refractivity contribution in [3.63, 3.8) is 0 Å². The molecule has 2 atom stereocenters. The highest BCUT2D eigenvalue weighted by Gasteiger charge is 2.28. The second-order valence-corrected chi connectivity index (χ2v) is 4.70. The van der Waals surface area contributed by atoms with Gasteiger partial charge in [0.1, 0.15) is 12.0 Å². The molecular weight excluding hydrogens is 240 g/mol. The van der Waals surface area contributed by atoms with Gasteiger partial charge in [-0.15, -0.1) is 0 Å². The molecule has 0 amide bonds. The minimum absolute atomic E-state index is 0.0299. The van der Waals surface area contributed by atoms with Crippen molar-refractivity contribution in [1.82, 2.24) is 10.3 Å². The standard InChI is InChI=1S/C15H16N2O2/c1-10-6-7-11(8-16-10)14-9-17-15(19-14)12-4-2-3-5-13(12)18/h2-8,14-15,17-18H,9H2,1H3/t14-,15+/m0/s1. The van der Waals surface area contributed by atoms with Gasteiger partial charge in [0.05, 0.1) is 6.10 Å². The molecule has 0 bridgehead atoms. The number of hydrogen-bond acceptors (Lipinski definition) is 4. The first-order valence-electron chi connectivity index (χ1n) is 6.33. The summed E-state index contributed by atoms with van der Waals surface area (Å²) >= 11 is 0. The highest BCUT2D eigenvalue weighted by atomic mass is 16.5. The van der Waals surface area contributed by atoms with Gasteiger partial charge < -0.3 is 9.84 Å². The van der Waals surface area contributed by atoms with E-state index in [1.807, 2.05) is 37.4 Å². The number of hydrogen-bond donors (Lipinski definition) is 2. The Morgan fingerprint density at radius 2 is 2.11 bits per heavy atom. The van der Waals surface area contributed by atoms with Crippen molar-refractivity contribution in [1.29, 1.82) is 0 Å². The summed E-state index contributed by atoms with van der Waals surface area (Å²) in [7, 11) is 0. The minimum Gasteiger partial charge on any atom is -0.508 e. The molecule has 0 spiro atoms. The van der Waals surface area contributed by atoms with Gasteiger partial charge in [0.2, 0.25) is 0 Å². The first kappa shape index (κ1) is 12.1. The molecular formula is C15H16N2O2. The van der Waals surface area contributed by atoms with Gasteiger partial charge in [-0.3, -0.25) is 10.3 Å². The lowest BCUT2D eigenvalue weighted by Crippen LogP contribution is -2.14. The molecule has 1 aliphatic heterocycles. The van der Waals surface area contributed by atoms with Gasteiger partial charge in [-0.2, -0.15) is 0 Å². The van der Waals surface area contributed by atoms with Gasteiger partial charge in [-0.05, 0) is 19.1 Å². The number of pyridine rings is 1. The summed E-state index contributed by atoms with van der Waals surface area (Å²) in [5, 5.41) is 13.1. The lowest BCUT2D eigenvalue weighted by Gasteiger charge is -2.14. The van der Waals surface area contributed by atoms with E-state index in [2.05, 4.69) is 10.3 Å². The van der Waals surface area contributed by atoms with Gasteiger partial charge in [0.25, 0.3) is 0 Å². The van der Waals surface area contributed by atoms with Crippen molar-refractivity contribution in [2.24, 2.45) is 0 Å². The van der Waals surface area contributed by atoms with Crippen LogP contribution >= 0.6 is 0 Å². The largest absolute Gasteiger partial charge is 0.508 e. The zero-order valence-corrected chi connectivity index (χ0v) is 10.7. The van der Waals surface area contributed by atoms with Crippen molar-refractivity contribution in [2.45, 2.75) is 19.3 Å². The Morgan fingerprint density at radius 1 is 1.26 bits per heavy atom. The SMILES string of the molecule is Cc1ccc([C@@H]2CN[C@@H](c3ccccc3O)O2)cn1. The monoisotopic (exact) mass is 256 g/mol. The quantitative estimate of drug-likeness (QED) is 0.866. The number of para-hydroxylation sites is 1. The van der Waals surface area contributed by atoms with Crippen molar-refractivity contribution in [3.8, 4) is 5.75 Å². The van der Waals surface area contributed by atoms with Crippen LogP contribution in [0.1, 0.15) is 29.2 Å². The molecule has 4 heteroatoms. The Hall–Kier alpha value is -1.91. The van der Waals surface area contributed by atoms with E-state index >= 15 is 0 Å². The van der Waals surface area contributed by atoms with Crippen molar-refractivity contribution in [3.05, 3.63) is 59.4 Å². The molecule has 0 aliphatic carbocycles. The number of aromatic nitrogens is 1. The number of phenolic OH excluding ortho intramolecular Hbond substituents is 1. The fourth-order valence-corrected chi connectivity index (χ4v) is 2.23. The minimum atomic E-state index is -0.271. The maximum atomic E-state index is 9.83. The first-order valence-corrected chi connectivity index (χ1v) is 6.33. The van der Waals surface area contributed by atoms with Crippen LogP contribution in [-0.4, -0.2) is 16.6 Å². The second-order valence-electron chi connectivity index (χ2n) is 4.70. The van der Waals surface area contributed by atoms with Crippen LogP contribution in [0.4, 0.5) is 0 Å². The van der Waals surface area contributed by atoms with E-state index in [1.54, 1.807) is 12.1 Å². The van der Waals surface area contributed by atoms with E-state index in [0.29, 0.717) is 6.54 Å². The Bertz CT molecular complexity index is 569. The topological polar surface area (TPSA) is 54.4 Å². The third-order valence-electron chi connectivity index (χ3n) is 3.31. The van der Waals surface area contributed by atoms with Crippen LogP contribution in [0, 0.1) is 6.92 Å². The van der Waals surface area contributed by atoms with E-state index in [1.165, 1.54) is 0 Å². The smallest absolute Gasteiger partial charge is 0.138 e. The van der Waals surface area contributed by atoms with Crippen molar-refractivity contribution >= 4 is 0 Å². The normalized spacial score (nSPS) is 22.6. The van der Waals surface area contributed by atoms with Crippen molar-refractivity contribution in [2.75, 3.05) is 6.54 Å². The summed E-state index contributed by atoms with van der Waals surface area (Å²) in [6.45, 7) is 2.67. The highest BCUT2D eigenvalue weighted by molar-refractivity contribution is 5.34. The Morgan fingerprint density at radius 3 is 2.84 bits per heavy atom. The summed E-state index contributed by atoms with van der Waals surface area (Å²) in [4.78, 5) is 4.28. The fraction of sp³-hybridized carbons (Fsp3) is 0.267. The van der Waals surface area contributed by atoms with Crippen LogP contribution in [-0.2, 0) is 4.74 Å². The zero-order valence-electron chi connectivity index (χ0n) is 10.7. The third kappa shape index (κ3) is 2.45. The number of ether oxygens (including phenoxy) is 1. The predicted octanol–water partition coefficient (Wildman–Crippen LogP) is 2.46. The molecule has 2 N–H and O–H groups in total. The zero-order chi connectivity index (χ0) is 13.2. The fourth-order valence-electron chi connectivity index (χ4n) is 2.23. The molecule has 4 nitrogen and oxygen atoms in total. The highest BCUT2D eigenvalue weighted by Crippen LogP contribution is 2.33. The predicted molar refractivity (Wildman–Crippen MR) is 71.7 cm³/mol. The van der Waals surface area contributed by atoms with Gasteiger partial charge >= 0.3 is 0 Å². The first-order chi connectivity index (χ1) is 9.24. The third-order valence-corrected chi connectivity index (χ3v) is 3.31. The number of nitrogens with one attached hydrogen (secondary N) is 1. The summed E-state index contributed by atoms with van der Waals surface area (Å²) in [6, 6.07) is 11.2. The molecule has 1 saturated heterocycles. The molecule has 1 aromatic heterocycles. The summed E-state index contributed by atoms with van der Waals surface area (Å²) in [5.74, 6) is 0.252. The van der Waals surface area contributed by atoms with Crippen molar-refractivity contribution < 1.29 is 9.84 Å². The van der Waals surface area contributed by atoms with Crippen LogP contribution in [0.15, 0.2) is 42.6 Å². The molecule has 19 heavy (non-hydrogen) atoms. The van der Waals surface area contributed by atoms with E-state index in [0.717, 1.165) is 16.8 Å². The van der Waals surface area contributed by atoms with Gasteiger partial charge in [0, 0.05) is 29.6 Å². The number of aromatic hydroxyl groups is 1. The van der Waals surface area contributed by atoms with Crippen LogP contribution in [0.3, 0.4) is 0 Å². The lowest BCUT2D eigenvalue weighted by molar-refractivity contribution is 0.0390. The molecule has 3 rings (SSSR count). The van der Waals surface area contributed by atoms with Crippen LogP contribution in [0.25, 0.3) is 0 Å². The molecule has 2 aromatic rings. The Labute approximate surface area is 112 Å². The number of benzene rings is 1. The summed E-state index contributed by atoms with van der Waals surface area (Å²) in [5.41, 5.74) is 2.81. The Balaban J connectivity index is 1.77. The van der Waals surface area contributed by atoms with Gasteiger partial charge in [-0.25, -0.2) is 0 Å². The van der Waals surface area contributed by atoms with Crippen LogP contribution < -0.4 is 5.32 Å². The summed E-state index contributed by atoms with van der Waals surface area (Å²) < 4.78 is 5.94.